The maximum Gasteiger partial charge on any atom is 0.336 e. The Morgan fingerprint density at radius 2 is 2.06 bits per heavy atom. The summed E-state index contributed by atoms with van der Waals surface area (Å²) in [6.07, 6.45) is 1.63. The Bertz CT molecular complexity index is 570. The minimum Gasteiger partial charge on any atom is -0.478 e. The van der Waals surface area contributed by atoms with Gasteiger partial charge in [0.1, 0.15) is 5.82 Å². The molecule has 2 rings (SSSR count). The molecule has 4 N–H and O–H groups in total. The van der Waals surface area contributed by atoms with E-state index in [1.807, 2.05) is 0 Å². The highest BCUT2D eigenvalue weighted by Crippen LogP contribution is 2.16. The van der Waals surface area contributed by atoms with Gasteiger partial charge in [0.25, 0.3) is 0 Å². The Balaban J connectivity index is 2.16. The van der Waals surface area contributed by atoms with Crippen LogP contribution in [-0.4, -0.2) is 16.1 Å². The number of carboxylic acid groups (broad SMARTS) is 1. The van der Waals surface area contributed by atoms with Gasteiger partial charge in [-0.3, -0.25) is 0 Å². The van der Waals surface area contributed by atoms with Crippen molar-refractivity contribution in [3.05, 3.63) is 53.7 Å². The van der Waals surface area contributed by atoms with Gasteiger partial charge in [0.15, 0.2) is 0 Å². The number of carboxylic acids is 1. The van der Waals surface area contributed by atoms with Crippen LogP contribution < -0.4 is 11.1 Å². The summed E-state index contributed by atoms with van der Waals surface area (Å²) in [5.74, 6) is -0.390. The number of aromatic nitrogens is 1. The van der Waals surface area contributed by atoms with Crippen LogP contribution in [0.5, 0.6) is 0 Å². The van der Waals surface area contributed by atoms with Crippen molar-refractivity contribution in [1.82, 2.24) is 4.98 Å². The van der Waals surface area contributed by atoms with Crippen molar-refractivity contribution in [1.29, 1.82) is 0 Å². The van der Waals surface area contributed by atoms with Gasteiger partial charge in [0, 0.05) is 12.7 Å². The van der Waals surface area contributed by atoms with Crippen LogP contribution >= 0.6 is 0 Å². The van der Waals surface area contributed by atoms with Crippen molar-refractivity contribution >= 4 is 17.5 Å². The Hall–Kier alpha value is -2.56. The van der Waals surface area contributed by atoms with E-state index in [9.17, 15) is 4.79 Å². The molecule has 0 atom stereocenters. The van der Waals surface area contributed by atoms with Crippen LogP contribution in [-0.2, 0) is 6.54 Å². The fourth-order valence-electron chi connectivity index (χ4n) is 1.63. The molecule has 5 nitrogen and oxygen atoms in total. The molecule has 0 unspecified atom stereocenters. The summed E-state index contributed by atoms with van der Waals surface area (Å²) in [5.41, 5.74) is 7.24. The fraction of sp³-hybridized carbons (Fsp3) is 0.0769. The summed E-state index contributed by atoms with van der Waals surface area (Å²) in [4.78, 5) is 15.1. The molecule has 0 aliphatic rings. The third-order valence-electron chi connectivity index (χ3n) is 2.53. The molecule has 1 heterocycles. The van der Waals surface area contributed by atoms with Gasteiger partial charge in [-0.15, -0.1) is 0 Å². The van der Waals surface area contributed by atoms with E-state index in [1.54, 1.807) is 42.6 Å². The van der Waals surface area contributed by atoms with Crippen LogP contribution in [0.25, 0.3) is 0 Å². The molecule has 0 aliphatic carbocycles. The number of aromatic carboxylic acids is 1. The van der Waals surface area contributed by atoms with Crippen molar-refractivity contribution < 1.29 is 9.90 Å². The maximum absolute atomic E-state index is 11.0. The summed E-state index contributed by atoms with van der Waals surface area (Å²) >= 11 is 0. The van der Waals surface area contributed by atoms with Gasteiger partial charge in [-0.1, -0.05) is 18.2 Å². The Labute approximate surface area is 104 Å². The first kappa shape index (κ1) is 11.9. The molecular weight excluding hydrogens is 230 g/mol. The Morgan fingerprint density at radius 1 is 1.28 bits per heavy atom. The lowest BCUT2D eigenvalue weighted by Gasteiger charge is -2.09. The second kappa shape index (κ2) is 5.18. The first-order valence-corrected chi connectivity index (χ1v) is 5.44. The number of anilines is 2. The van der Waals surface area contributed by atoms with Crippen molar-refractivity contribution in [2.75, 3.05) is 11.1 Å². The first-order valence-electron chi connectivity index (χ1n) is 5.44. The average Bonchev–Trinajstić information content (AvgIpc) is 2.38. The van der Waals surface area contributed by atoms with Crippen molar-refractivity contribution in [3.63, 3.8) is 0 Å². The van der Waals surface area contributed by atoms with Gasteiger partial charge in [0.05, 0.1) is 11.3 Å². The summed E-state index contributed by atoms with van der Waals surface area (Å²) in [7, 11) is 0. The number of rotatable bonds is 4. The highest BCUT2D eigenvalue weighted by Gasteiger charge is 2.09. The molecule has 5 heteroatoms. The second-order valence-electron chi connectivity index (χ2n) is 3.76. The number of nitrogens with one attached hydrogen (secondary N) is 1. The largest absolute Gasteiger partial charge is 0.478 e. The van der Waals surface area contributed by atoms with Crippen LogP contribution in [0, 0.1) is 0 Å². The molecule has 0 saturated heterocycles. The standard InChI is InChI=1S/C13H13N3O2/c14-11-6-3-7-15-12(11)16-8-9-4-1-2-5-10(9)13(17)18/h1-7H,8,14H2,(H,15,16)(H,17,18). The zero-order valence-electron chi connectivity index (χ0n) is 9.63. The third-order valence-corrected chi connectivity index (χ3v) is 2.53. The lowest BCUT2D eigenvalue weighted by Crippen LogP contribution is -2.08. The van der Waals surface area contributed by atoms with Crippen LogP contribution in [0.15, 0.2) is 42.6 Å². The van der Waals surface area contributed by atoms with E-state index in [-0.39, 0.29) is 5.56 Å². The zero-order chi connectivity index (χ0) is 13.0. The van der Waals surface area contributed by atoms with Crippen LogP contribution in [0.1, 0.15) is 15.9 Å². The number of benzene rings is 1. The van der Waals surface area contributed by atoms with Crippen LogP contribution in [0.2, 0.25) is 0 Å². The summed E-state index contributed by atoms with van der Waals surface area (Å²) in [5, 5.41) is 12.1. The molecule has 92 valence electrons. The zero-order valence-corrected chi connectivity index (χ0v) is 9.63. The summed E-state index contributed by atoms with van der Waals surface area (Å²) in [6.45, 7) is 0.365. The van der Waals surface area contributed by atoms with Crippen molar-refractivity contribution in [3.8, 4) is 0 Å². The number of pyridine rings is 1. The second-order valence-corrected chi connectivity index (χ2v) is 3.76. The molecule has 0 radical (unpaired) electrons. The molecule has 0 spiro atoms. The molecule has 1 aromatic carbocycles. The SMILES string of the molecule is Nc1cccnc1NCc1ccccc1C(=O)O. The van der Waals surface area contributed by atoms with E-state index in [2.05, 4.69) is 10.3 Å². The van der Waals surface area contributed by atoms with E-state index < -0.39 is 5.97 Å². The number of carbonyl (C=O) groups is 1. The lowest BCUT2D eigenvalue weighted by atomic mass is 10.1. The highest BCUT2D eigenvalue weighted by molar-refractivity contribution is 5.89. The minimum absolute atomic E-state index is 0.277. The number of nitrogens with zero attached hydrogens (tertiary/aromatic N) is 1. The predicted molar refractivity (Wildman–Crippen MR) is 69.4 cm³/mol. The number of hydrogen-bond acceptors (Lipinski definition) is 4. The highest BCUT2D eigenvalue weighted by atomic mass is 16.4. The summed E-state index contributed by atoms with van der Waals surface area (Å²) in [6, 6.07) is 10.3. The van der Waals surface area contributed by atoms with E-state index in [1.165, 1.54) is 0 Å². The topological polar surface area (TPSA) is 88.2 Å². The smallest absolute Gasteiger partial charge is 0.336 e. The average molecular weight is 243 g/mol. The van der Waals surface area contributed by atoms with Gasteiger partial charge >= 0.3 is 5.97 Å². The van der Waals surface area contributed by atoms with E-state index in [0.717, 1.165) is 0 Å². The van der Waals surface area contributed by atoms with E-state index in [4.69, 9.17) is 10.8 Å². The molecule has 1 aromatic heterocycles. The van der Waals surface area contributed by atoms with E-state index in [0.29, 0.717) is 23.6 Å². The molecule has 0 aliphatic heterocycles. The quantitative estimate of drug-likeness (QED) is 0.764. The monoisotopic (exact) mass is 243 g/mol. The fourth-order valence-corrected chi connectivity index (χ4v) is 1.63. The maximum atomic E-state index is 11.0. The molecular formula is C13H13N3O2. The van der Waals surface area contributed by atoms with E-state index >= 15 is 0 Å². The molecule has 0 saturated carbocycles. The van der Waals surface area contributed by atoms with Gasteiger partial charge in [-0.05, 0) is 23.8 Å². The first-order chi connectivity index (χ1) is 8.68. The van der Waals surface area contributed by atoms with Crippen LogP contribution in [0.4, 0.5) is 11.5 Å². The van der Waals surface area contributed by atoms with Crippen LogP contribution in [0.3, 0.4) is 0 Å². The molecule has 0 amide bonds. The summed E-state index contributed by atoms with van der Waals surface area (Å²) < 4.78 is 0. The third kappa shape index (κ3) is 2.57. The Morgan fingerprint density at radius 3 is 2.78 bits per heavy atom. The van der Waals surface area contributed by atoms with Gasteiger partial charge < -0.3 is 16.2 Å². The van der Waals surface area contributed by atoms with Crippen molar-refractivity contribution in [2.45, 2.75) is 6.54 Å². The molecule has 18 heavy (non-hydrogen) atoms. The van der Waals surface area contributed by atoms with Gasteiger partial charge in [-0.2, -0.15) is 0 Å². The minimum atomic E-state index is -0.943. The lowest BCUT2D eigenvalue weighted by molar-refractivity contribution is 0.0696. The Kier molecular flexibility index (Phi) is 3.43. The molecule has 0 fully saturated rings. The number of nitrogen functional groups attached to an aromatic ring is 1. The predicted octanol–water partition coefficient (Wildman–Crippen LogP) is 1.97. The van der Waals surface area contributed by atoms with Crippen molar-refractivity contribution in [2.24, 2.45) is 0 Å². The van der Waals surface area contributed by atoms with Gasteiger partial charge in [-0.25, -0.2) is 9.78 Å². The molecule has 0 bridgehead atoms. The number of hydrogen-bond donors (Lipinski definition) is 3. The number of nitrogens with two attached hydrogens (primary N) is 1. The normalized spacial score (nSPS) is 10.0. The molecule has 2 aromatic rings. The van der Waals surface area contributed by atoms with Gasteiger partial charge in [0.2, 0.25) is 0 Å².